The number of hydrogen-bond acceptors (Lipinski definition) is 4. The minimum atomic E-state index is -4.79. The molecule has 1 N–H and O–H groups in total. The maximum atomic E-state index is 13.4. The van der Waals surface area contributed by atoms with E-state index >= 15 is 0 Å². The Bertz CT molecular complexity index is 566. The third-order valence-corrected chi connectivity index (χ3v) is 17.1. The van der Waals surface area contributed by atoms with Gasteiger partial charge in [0.15, 0.2) is 0 Å². The van der Waals surface area contributed by atoms with Crippen molar-refractivity contribution in [2.75, 3.05) is 0 Å². The Kier molecular flexibility index (Phi) is 10.3. The zero-order valence-corrected chi connectivity index (χ0v) is 23.0. The first kappa shape index (κ1) is 29.2. The predicted octanol–water partition coefficient (Wildman–Crippen LogP) is 9.61. The number of rotatable bonds is 8. The molecule has 0 bridgehead atoms. The van der Waals surface area contributed by atoms with Crippen molar-refractivity contribution in [2.24, 2.45) is 0 Å². The van der Waals surface area contributed by atoms with Crippen molar-refractivity contribution >= 4 is 31.3 Å². The van der Waals surface area contributed by atoms with Crippen molar-refractivity contribution in [2.45, 2.75) is 144 Å². The summed E-state index contributed by atoms with van der Waals surface area (Å²) in [6.45, 7) is 3.08. The number of halogens is 6. The summed E-state index contributed by atoms with van der Waals surface area (Å²) < 4.78 is 81.1. The van der Waals surface area contributed by atoms with Gasteiger partial charge in [-0.15, -0.1) is 0 Å². The van der Waals surface area contributed by atoms with Gasteiger partial charge < -0.3 is 0 Å². The summed E-state index contributed by atoms with van der Waals surface area (Å²) in [5.74, 6) is 0. The van der Waals surface area contributed by atoms with E-state index in [2.05, 4.69) is 5.09 Å². The summed E-state index contributed by atoms with van der Waals surface area (Å²) in [5.41, 5.74) is -9.73. The molecule has 0 aromatic heterocycles. The summed E-state index contributed by atoms with van der Waals surface area (Å²) in [4.78, 5) is 0. The first-order valence-electron chi connectivity index (χ1n) is 12.9. The Morgan fingerprint density at radius 2 is 0.882 bits per heavy atom. The van der Waals surface area contributed by atoms with E-state index in [9.17, 15) is 26.3 Å². The molecule has 0 aromatic carbocycles. The van der Waals surface area contributed by atoms with Gasteiger partial charge >= 0.3 is 210 Å². The van der Waals surface area contributed by atoms with Gasteiger partial charge in [-0.05, 0) is 0 Å². The van der Waals surface area contributed by atoms with Crippen LogP contribution in [0.15, 0.2) is 0 Å². The molecule has 0 unspecified atom stereocenters. The van der Waals surface area contributed by atoms with Gasteiger partial charge in [0.05, 0.1) is 0 Å². The minimum absolute atomic E-state index is 0.431. The molecular formula is C23H41F6N2PS2. The van der Waals surface area contributed by atoms with Gasteiger partial charge in [-0.2, -0.15) is 0 Å². The second-order valence-electron chi connectivity index (χ2n) is 11.0. The van der Waals surface area contributed by atoms with Gasteiger partial charge in [0.2, 0.25) is 0 Å². The first-order chi connectivity index (χ1) is 15.8. The van der Waals surface area contributed by atoms with Crippen molar-refractivity contribution in [3.05, 3.63) is 0 Å². The molecule has 0 heterocycles. The molecule has 0 radical (unpaired) electrons. The Hall–Kier alpha value is 0.630. The first-order valence-corrected chi connectivity index (χ1v) is 16.7. The summed E-state index contributed by atoms with van der Waals surface area (Å²) >= 11 is -1.30. The molecule has 0 spiro atoms. The van der Waals surface area contributed by atoms with E-state index in [4.69, 9.17) is 0 Å². The fraction of sp³-hybridized carbons (Fsp3) is 1.00. The van der Waals surface area contributed by atoms with E-state index in [0.717, 1.165) is 77.0 Å². The molecule has 202 valence electrons. The van der Waals surface area contributed by atoms with Crippen LogP contribution in [0.4, 0.5) is 26.3 Å². The van der Waals surface area contributed by atoms with Gasteiger partial charge in [0.1, 0.15) is 0 Å². The Balaban J connectivity index is 2.03. The molecule has 0 saturated heterocycles. The number of nitrogens with one attached hydrogen (secondary N) is 1. The van der Waals surface area contributed by atoms with Gasteiger partial charge in [0.25, 0.3) is 0 Å². The van der Waals surface area contributed by atoms with Crippen LogP contribution in [-0.4, -0.2) is 37.4 Å². The fourth-order valence-electron chi connectivity index (χ4n) is 7.06. The van der Waals surface area contributed by atoms with Crippen molar-refractivity contribution in [1.29, 1.82) is 0 Å². The Labute approximate surface area is 210 Å². The zero-order valence-electron chi connectivity index (χ0n) is 20.4. The second-order valence-corrected chi connectivity index (χ2v) is 17.8. The van der Waals surface area contributed by atoms with Crippen LogP contribution in [-0.2, 0) is 0 Å². The maximum absolute atomic E-state index is 13.4. The molecule has 3 aliphatic rings. The molecule has 3 fully saturated rings. The van der Waals surface area contributed by atoms with E-state index in [0.29, 0.717) is 20.7 Å². The van der Waals surface area contributed by atoms with Crippen LogP contribution >= 0.6 is 31.3 Å². The normalized spacial score (nSPS) is 24.0. The molecule has 2 nitrogen and oxygen atoms in total. The molecule has 34 heavy (non-hydrogen) atoms. The topological polar surface area (TPSA) is 15.3 Å². The molecule has 3 saturated carbocycles. The van der Waals surface area contributed by atoms with E-state index in [1.807, 2.05) is 0 Å². The van der Waals surface area contributed by atoms with E-state index in [-0.39, 0.29) is 0 Å². The molecule has 3 rings (SSSR count). The third-order valence-electron chi connectivity index (χ3n) is 8.19. The van der Waals surface area contributed by atoms with Crippen molar-refractivity contribution in [3.8, 4) is 0 Å². The van der Waals surface area contributed by atoms with Gasteiger partial charge in [-0.25, -0.2) is 0 Å². The SMILES string of the molecule is CC(C)(N[PH](C1CCCCC1)(C1CCCCC1)C1CCCCC1)N(SC(F)(F)F)SC(F)(F)F. The quantitative estimate of drug-likeness (QED) is 0.139. The van der Waals surface area contributed by atoms with E-state index in [1.54, 1.807) is 13.8 Å². The van der Waals surface area contributed by atoms with Crippen LogP contribution in [0.25, 0.3) is 0 Å². The molecule has 11 heteroatoms. The molecule has 0 aliphatic heterocycles. The monoisotopic (exact) mass is 554 g/mol. The zero-order chi connectivity index (χ0) is 25.0. The molecule has 0 atom stereocenters. The summed E-state index contributed by atoms with van der Waals surface area (Å²) in [6, 6.07) is 0. The van der Waals surface area contributed by atoms with Crippen LogP contribution in [0, 0.1) is 0 Å². The van der Waals surface area contributed by atoms with Crippen LogP contribution in [0.1, 0.15) is 110 Å². The van der Waals surface area contributed by atoms with Crippen molar-refractivity contribution in [3.63, 3.8) is 0 Å². The number of hydrogen-bond donors (Lipinski definition) is 1. The fourth-order valence-corrected chi connectivity index (χ4v) is 16.7. The van der Waals surface area contributed by atoms with Crippen LogP contribution in [0.2, 0.25) is 0 Å². The summed E-state index contributed by atoms with van der Waals surface area (Å²) in [5, 5.41) is 3.78. The summed E-state index contributed by atoms with van der Waals surface area (Å²) in [7, 11) is -2.49. The van der Waals surface area contributed by atoms with Gasteiger partial charge in [-0.1, -0.05) is 0 Å². The third kappa shape index (κ3) is 7.82. The van der Waals surface area contributed by atoms with E-state index < -0.39 is 48.0 Å². The Morgan fingerprint density at radius 1 is 0.588 bits per heavy atom. The van der Waals surface area contributed by atoms with E-state index in [1.165, 1.54) is 19.3 Å². The average Bonchev–Trinajstić information content (AvgIpc) is 2.77. The van der Waals surface area contributed by atoms with Gasteiger partial charge in [-0.3, -0.25) is 0 Å². The van der Waals surface area contributed by atoms with Gasteiger partial charge in [0, 0.05) is 0 Å². The number of alkyl halides is 6. The molecule has 0 aromatic rings. The average molecular weight is 555 g/mol. The second kappa shape index (κ2) is 12.0. The van der Waals surface area contributed by atoms with Crippen molar-refractivity contribution < 1.29 is 26.3 Å². The van der Waals surface area contributed by atoms with Crippen LogP contribution in [0.3, 0.4) is 0 Å². The molecule has 0 amide bonds. The van der Waals surface area contributed by atoms with Crippen molar-refractivity contribution in [1.82, 2.24) is 8.80 Å². The molecular weight excluding hydrogens is 513 g/mol. The number of nitrogens with zero attached hydrogens (tertiary/aromatic N) is 1. The van der Waals surface area contributed by atoms with Crippen LogP contribution < -0.4 is 5.09 Å². The standard InChI is InChI=1S/C23H41F6N2PS2/c1-21(2,31(33-22(24,25)26)34-23(27,28)29)30-32(18-12-6-3-7-13-18,19-14-8-4-9-15-19)20-16-10-5-11-17-20/h18-20,30,32H,3-17H2,1-2H3. The summed E-state index contributed by atoms with van der Waals surface area (Å²) in [6.07, 6.45) is 16.7. The predicted molar refractivity (Wildman–Crippen MR) is 135 cm³/mol. The Morgan fingerprint density at radius 3 is 1.15 bits per heavy atom. The molecule has 3 aliphatic carbocycles. The van der Waals surface area contributed by atoms with Crippen LogP contribution in [0.5, 0.6) is 0 Å².